The van der Waals surface area contributed by atoms with Crippen LogP contribution in [0, 0.1) is 11.8 Å². The van der Waals surface area contributed by atoms with Gasteiger partial charge in [0.15, 0.2) is 18.0 Å². The van der Waals surface area contributed by atoms with E-state index in [1.165, 1.54) is 19.1 Å². The van der Waals surface area contributed by atoms with Crippen molar-refractivity contribution in [2.24, 2.45) is 17.6 Å². The summed E-state index contributed by atoms with van der Waals surface area (Å²) in [5, 5.41) is 119. The van der Waals surface area contributed by atoms with E-state index >= 15 is 0 Å². The van der Waals surface area contributed by atoms with Crippen LogP contribution in [0.4, 0.5) is 4.79 Å². The van der Waals surface area contributed by atoms with Crippen LogP contribution >= 0.6 is 0 Å². The number of carbonyl (C=O) groups excluding carboxylic acids is 2. The summed E-state index contributed by atoms with van der Waals surface area (Å²) in [6.07, 6.45) is 7.49. The molecule has 2 aliphatic heterocycles. The van der Waals surface area contributed by atoms with Gasteiger partial charge in [0.25, 0.3) is 5.91 Å². The van der Waals surface area contributed by atoms with Crippen LogP contribution in [0.2, 0.25) is 0 Å². The molecule has 0 bridgehead atoms. The number of methoxy groups -OCH3 is 1. The number of carbonyl (C=O) groups is 2. The van der Waals surface area contributed by atoms with Gasteiger partial charge >= 0.3 is 12.0 Å². The summed E-state index contributed by atoms with van der Waals surface area (Å²) in [4.78, 5) is 24.9. The van der Waals surface area contributed by atoms with Crippen molar-refractivity contribution in [3.05, 3.63) is 85.1 Å². The van der Waals surface area contributed by atoms with Gasteiger partial charge in [0.05, 0.1) is 79.7 Å². The highest BCUT2D eigenvalue weighted by Crippen LogP contribution is 2.36. The highest BCUT2D eigenvalue weighted by molar-refractivity contribution is 5.84. The molecule has 2 saturated heterocycles. The van der Waals surface area contributed by atoms with Gasteiger partial charge in [-0.1, -0.05) is 112 Å². The number of aliphatic hydroxyl groups excluding tert-OH is 9. The average Bonchev–Trinajstić information content (AvgIpc) is 3.29. The number of aliphatic hydroxyl groups is 11. The molecule has 16 N–H and O–H groups in total. The zero-order chi connectivity index (χ0) is 51.2. The number of nitrogens with two attached hydrogens (primary N) is 1. The lowest BCUT2D eigenvalue weighted by atomic mass is 9.87. The molecule has 388 valence electrons. The molecule has 0 aliphatic carbocycles. The number of hydrogen-bond donors (Lipinski definition) is 15. The van der Waals surface area contributed by atoms with Crippen LogP contribution in [0.3, 0.4) is 0 Å². The summed E-state index contributed by atoms with van der Waals surface area (Å²) in [6.45, 7) is 8.03. The number of ether oxygens (including phenoxy) is 4. The molecule has 0 aromatic heterocycles. The first-order valence-electron chi connectivity index (χ1n) is 22.9. The Morgan fingerprint density at radius 1 is 0.838 bits per heavy atom. The second kappa shape index (κ2) is 30.1. The summed E-state index contributed by atoms with van der Waals surface area (Å²) in [7, 11) is 1.62. The van der Waals surface area contributed by atoms with E-state index in [9.17, 15) is 60.7 Å². The number of urea groups is 1. The highest BCUT2D eigenvalue weighted by atomic mass is 16.8. The van der Waals surface area contributed by atoms with Crippen molar-refractivity contribution < 1.29 is 84.7 Å². The fraction of sp³-hybridized carbons (Fsp3) is 0.660. The summed E-state index contributed by atoms with van der Waals surface area (Å²) in [5.74, 6) is -6.42. The molecule has 2 heterocycles. The first-order valence-corrected chi connectivity index (χ1v) is 22.9. The molecule has 2 fully saturated rings. The third-order valence-corrected chi connectivity index (χ3v) is 11.8. The smallest absolute Gasteiger partial charge is 0.333 e. The van der Waals surface area contributed by atoms with Gasteiger partial charge in [0, 0.05) is 44.6 Å². The molecular formula is C47H78N4O17. The Labute approximate surface area is 398 Å². The van der Waals surface area contributed by atoms with Crippen molar-refractivity contribution >= 4 is 11.9 Å². The van der Waals surface area contributed by atoms with Gasteiger partial charge < -0.3 is 86.2 Å². The van der Waals surface area contributed by atoms with E-state index in [0.29, 0.717) is 6.42 Å². The number of hydrogen-bond acceptors (Lipinski definition) is 18. The molecule has 0 unspecified atom stereocenters. The quantitative estimate of drug-likeness (QED) is 0.0281. The minimum absolute atomic E-state index is 0.0279. The topological polar surface area (TPSA) is 356 Å². The standard InChI is InChI=1S/C47H78N4O17/c1-7-20-34(54)35(55)23-32(53)25-46(63)26-36(56)40(49-45(62)51-50-44(61)37(57)27-52)38(68-46)24-33(67-47(64)43(60)39(48)42(59)31(5)66-47)22-19-17-15-13-11-9-8-10-12-14-16-18-21-28(2)41(58)29(3)30(4)65-6/h8-19,21-22,28-43,52-60,63-64H,7,20,23-27,48H2,1-6H3,(H,50,61)(H2,49,51,62)/b9-8+,12-10+,13-11+,16-14+,17-15+,21-18+,22-19+/t28-,29-,30-,31+,32-,33-,34+,35+,36-,37+,38-,39-,40+,41+,42+,43-,46+,47+/m0/s1. The third-order valence-electron chi connectivity index (χ3n) is 11.8. The maximum Gasteiger partial charge on any atom is 0.333 e. The molecular weight excluding hydrogens is 893 g/mol. The van der Waals surface area contributed by atoms with Gasteiger partial charge in [-0.15, -0.1) is 0 Å². The lowest BCUT2D eigenvalue weighted by Crippen LogP contribution is -2.68. The van der Waals surface area contributed by atoms with Gasteiger partial charge in [-0.25, -0.2) is 10.2 Å². The van der Waals surface area contributed by atoms with Crippen LogP contribution in [0.15, 0.2) is 85.1 Å². The van der Waals surface area contributed by atoms with Gasteiger partial charge in [-0.3, -0.25) is 10.2 Å². The fourth-order valence-electron chi connectivity index (χ4n) is 7.48. The van der Waals surface area contributed by atoms with Crippen molar-refractivity contribution in [3.8, 4) is 0 Å². The number of hydrazine groups is 1. The first-order chi connectivity index (χ1) is 32.0. The van der Waals surface area contributed by atoms with E-state index < -0.39 is 129 Å². The molecule has 2 aliphatic rings. The van der Waals surface area contributed by atoms with E-state index in [2.05, 4.69) is 5.32 Å². The Bertz CT molecular complexity index is 1710. The molecule has 0 spiro atoms. The molecule has 0 saturated carbocycles. The zero-order valence-electron chi connectivity index (χ0n) is 39.7. The maximum absolute atomic E-state index is 13.0. The van der Waals surface area contributed by atoms with Gasteiger partial charge in [0.1, 0.15) is 0 Å². The van der Waals surface area contributed by atoms with Crippen molar-refractivity contribution in [1.29, 1.82) is 0 Å². The van der Waals surface area contributed by atoms with Crippen LogP contribution in [0.5, 0.6) is 0 Å². The Hall–Kier alpha value is -3.72. The van der Waals surface area contributed by atoms with Crippen LogP contribution in [-0.2, 0) is 23.7 Å². The molecule has 21 nitrogen and oxygen atoms in total. The van der Waals surface area contributed by atoms with E-state index in [-0.39, 0.29) is 30.8 Å². The fourth-order valence-corrected chi connectivity index (χ4v) is 7.48. The first kappa shape index (κ1) is 60.4. The van der Waals surface area contributed by atoms with Crippen LogP contribution in [0.1, 0.15) is 73.1 Å². The van der Waals surface area contributed by atoms with Crippen molar-refractivity contribution in [3.63, 3.8) is 0 Å². The Balaban J connectivity index is 2.34. The minimum Gasteiger partial charge on any atom is -0.393 e. The number of amides is 3. The molecule has 2 rings (SSSR count). The number of allylic oxidation sites excluding steroid dienone is 12. The van der Waals surface area contributed by atoms with E-state index in [4.69, 9.17) is 29.8 Å². The van der Waals surface area contributed by atoms with Crippen LogP contribution in [-0.4, -0.2) is 179 Å². The molecule has 68 heavy (non-hydrogen) atoms. The minimum atomic E-state index is -2.84. The summed E-state index contributed by atoms with van der Waals surface area (Å²) in [5.41, 5.74) is 9.84. The second-order valence-electron chi connectivity index (χ2n) is 17.4. The highest BCUT2D eigenvalue weighted by Gasteiger charge is 2.54. The van der Waals surface area contributed by atoms with E-state index in [0.717, 1.165) is 0 Å². The lowest BCUT2D eigenvalue weighted by Gasteiger charge is -2.48. The van der Waals surface area contributed by atoms with Crippen molar-refractivity contribution in [2.75, 3.05) is 13.7 Å². The van der Waals surface area contributed by atoms with Gasteiger partial charge in [-0.2, -0.15) is 0 Å². The monoisotopic (exact) mass is 971 g/mol. The summed E-state index contributed by atoms with van der Waals surface area (Å²) in [6, 6.07) is -4.02. The van der Waals surface area contributed by atoms with Crippen LogP contribution < -0.4 is 21.9 Å². The number of nitrogens with one attached hydrogen (secondary N) is 3. The molecule has 0 aromatic carbocycles. The van der Waals surface area contributed by atoms with Crippen molar-refractivity contribution in [1.82, 2.24) is 16.2 Å². The SMILES string of the molecule is CCC[C@@H](O)[C@H](O)C[C@H](O)C[C@]1(O)C[C@H](O)[C@@H](NC(=O)NNC(=O)[C@H](O)CO)[C@H](C[C@H](/C=C/C=C/C=C/C=C/C=C/C=C/C=C/[C@H](C)[C@@H](O)[C@@H](C)[C@H](C)OC)O[C@]2(O)O[C@H](C)[C@@H](O)[C@H](N)[C@@H]2O)O1. The number of rotatable bonds is 26. The van der Waals surface area contributed by atoms with Crippen LogP contribution in [0.25, 0.3) is 0 Å². The Morgan fingerprint density at radius 3 is 1.94 bits per heavy atom. The Kier molecular flexibility index (Phi) is 26.7. The molecule has 21 heteroatoms. The summed E-state index contributed by atoms with van der Waals surface area (Å²) < 4.78 is 22.8. The maximum atomic E-state index is 13.0. The predicted molar refractivity (Wildman–Crippen MR) is 249 cm³/mol. The average molecular weight is 971 g/mol. The lowest BCUT2D eigenvalue weighted by molar-refractivity contribution is -0.441. The largest absolute Gasteiger partial charge is 0.393 e. The molecule has 0 radical (unpaired) electrons. The van der Waals surface area contributed by atoms with Gasteiger partial charge in [-0.05, 0) is 20.3 Å². The van der Waals surface area contributed by atoms with E-state index in [1.54, 1.807) is 50.5 Å². The Morgan fingerprint density at radius 2 is 1.40 bits per heavy atom. The normalized spacial score (nSPS) is 31.4. The second-order valence-corrected chi connectivity index (χ2v) is 17.4. The zero-order valence-corrected chi connectivity index (χ0v) is 39.7. The summed E-state index contributed by atoms with van der Waals surface area (Å²) >= 11 is 0. The van der Waals surface area contributed by atoms with E-state index in [1.807, 2.05) is 68.1 Å². The molecule has 18 atom stereocenters. The third kappa shape index (κ3) is 19.9. The molecule has 3 amide bonds. The van der Waals surface area contributed by atoms with Gasteiger partial charge in [0.2, 0.25) is 0 Å². The molecule has 0 aromatic rings. The predicted octanol–water partition coefficient (Wildman–Crippen LogP) is -1.01. The van der Waals surface area contributed by atoms with Crippen molar-refractivity contribution in [2.45, 2.75) is 170 Å².